The average Bonchev–Trinajstić information content (AvgIpc) is 3.06. The Balaban J connectivity index is 0.00000264. The van der Waals surface area contributed by atoms with Crippen LogP contribution in [0.4, 0.5) is 0 Å². The Hall–Kier alpha value is -1.53. The lowest BCUT2D eigenvalue weighted by atomic mass is 9.85. The van der Waals surface area contributed by atoms with E-state index in [4.69, 9.17) is 4.42 Å². The first-order chi connectivity index (χ1) is 10.7. The van der Waals surface area contributed by atoms with Gasteiger partial charge >= 0.3 is 0 Å². The molecule has 1 aliphatic rings. The van der Waals surface area contributed by atoms with Crippen LogP contribution in [0.3, 0.4) is 0 Å². The molecule has 0 saturated carbocycles. The first-order valence-corrected chi connectivity index (χ1v) is 7.96. The molecule has 1 aromatic heterocycles. The van der Waals surface area contributed by atoms with Crippen LogP contribution in [0.15, 0.2) is 22.8 Å². The first kappa shape index (κ1) is 19.5. The summed E-state index contributed by atoms with van der Waals surface area (Å²) in [5, 5.41) is 8.93. The zero-order valence-electron chi connectivity index (χ0n) is 13.5. The molecule has 2 amide bonds. The molecule has 130 valence electrons. The third kappa shape index (κ3) is 6.62. The molecule has 6 nitrogen and oxygen atoms in total. The molecule has 2 unspecified atom stereocenters. The second-order valence-electron chi connectivity index (χ2n) is 5.87. The number of amides is 2. The van der Waals surface area contributed by atoms with E-state index in [1.807, 2.05) is 0 Å². The van der Waals surface area contributed by atoms with E-state index in [0.29, 0.717) is 31.3 Å². The van der Waals surface area contributed by atoms with Gasteiger partial charge in [0.1, 0.15) is 0 Å². The minimum Gasteiger partial charge on any atom is -0.459 e. The Morgan fingerprint density at radius 2 is 2.17 bits per heavy atom. The van der Waals surface area contributed by atoms with E-state index >= 15 is 0 Å². The van der Waals surface area contributed by atoms with Gasteiger partial charge in [0, 0.05) is 19.5 Å². The van der Waals surface area contributed by atoms with E-state index in [1.165, 1.54) is 19.1 Å². The van der Waals surface area contributed by atoms with Crippen LogP contribution in [0.1, 0.15) is 36.7 Å². The monoisotopic (exact) mass is 343 g/mol. The molecule has 1 aromatic rings. The largest absolute Gasteiger partial charge is 0.459 e. The van der Waals surface area contributed by atoms with Crippen LogP contribution in [-0.2, 0) is 4.79 Å². The summed E-state index contributed by atoms with van der Waals surface area (Å²) in [6.07, 6.45) is 4.38. The molecule has 0 radical (unpaired) electrons. The number of furan rings is 1. The van der Waals surface area contributed by atoms with Crippen molar-refractivity contribution in [3.63, 3.8) is 0 Å². The maximum atomic E-state index is 11.9. The van der Waals surface area contributed by atoms with Crippen molar-refractivity contribution in [2.75, 3.05) is 26.2 Å². The minimum absolute atomic E-state index is 0. The van der Waals surface area contributed by atoms with Gasteiger partial charge < -0.3 is 20.4 Å². The summed E-state index contributed by atoms with van der Waals surface area (Å²) in [7, 11) is 0. The van der Waals surface area contributed by atoms with Gasteiger partial charge in [-0.2, -0.15) is 0 Å². The molecular formula is C16H26ClN3O3. The topological polar surface area (TPSA) is 83.4 Å². The van der Waals surface area contributed by atoms with Gasteiger partial charge in [-0.15, -0.1) is 12.4 Å². The van der Waals surface area contributed by atoms with Gasteiger partial charge in [0.05, 0.1) is 6.26 Å². The lowest BCUT2D eigenvalue weighted by Gasteiger charge is -2.28. The zero-order chi connectivity index (χ0) is 15.8. The smallest absolute Gasteiger partial charge is 0.287 e. The Morgan fingerprint density at radius 1 is 1.39 bits per heavy atom. The number of carbonyl (C=O) groups excluding carboxylic acids is 2. The van der Waals surface area contributed by atoms with Crippen LogP contribution < -0.4 is 16.0 Å². The molecule has 3 N–H and O–H groups in total. The zero-order valence-corrected chi connectivity index (χ0v) is 14.3. The van der Waals surface area contributed by atoms with Crippen molar-refractivity contribution in [2.24, 2.45) is 11.8 Å². The summed E-state index contributed by atoms with van der Waals surface area (Å²) in [5.74, 6) is 1.03. The number of hydrogen-bond acceptors (Lipinski definition) is 4. The number of nitrogens with one attached hydrogen (secondary N) is 3. The average molecular weight is 344 g/mol. The summed E-state index contributed by atoms with van der Waals surface area (Å²) in [6, 6.07) is 3.27. The fourth-order valence-corrected chi connectivity index (χ4v) is 2.77. The number of piperidine rings is 1. The number of hydrogen-bond donors (Lipinski definition) is 3. The van der Waals surface area contributed by atoms with Crippen LogP contribution in [0.5, 0.6) is 0 Å². The number of halogens is 1. The van der Waals surface area contributed by atoms with E-state index in [-0.39, 0.29) is 30.0 Å². The van der Waals surface area contributed by atoms with Crippen molar-refractivity contribution < 1.29 is 14.0 Å². The Bertz CT molecular complexity index is 473. The maximum absolute atomic E-state index is 11.9. The summed E-state index contributed by atoms with van der Waals surface area (Å²) in [4.78, 5) is 23.5. The molecule has 1 aliphatic heterocycles. The second-order valence-corrected chi connectivity index (χ2v) is 5.87. The van der Waals surface area contributed by atoms with Crippen LogP contribution in [-0.4, -0.2) is 38.0 Å². The van der Waals surface area contributed by atoms with Crippen molar-refractivity contribution in [2.45, 2.75) is 26.2 Å². The highest BCUT2D eigenvalue weighted by atomic mass is 35.5. The molecule has 23 heavy (non-hydrogen) atoms. The van der Waals surface area contributed by atoms with E-state index < -0.39 is 0 Å². The highest BCUT2D eigenvalue weighted by molar-refractivity contribution is 5.91. The predicted molar refractivity (Wildman–Crippen MR) is 90.7 cm³/mol. The lowest BCUT2D eigenvalue weighted by molar-refractivity contribution is -0.122. The standard InChI is InChI=1S/C16H25N3O3.ClH/c1-12(13-4-2-6-17-11-13)10-15(20)18-7-8-19-16(21)14-5-3-9-22-14;/h3,5,9,12-13,17H,2,4,6-8,10-11H2,1H3,(H,18,20)(H,19,21);1H. The molecule has 0 spiro atoms. The van der Waals surface area contributed by atoms with Crippen molar-refractivity contribution in [3.8, 4) is 0 Å². The van der Waals surface area contributed by atoms with Crippen LogP contribution >= 0.6 is 12.4 Å². The normalized spacial score (nSPS) is 18.6. The van der Waals surface area contributed by atoms with Gasteiger partial charge in [-0.1, -0.05) is 6.92 Å². The van der Waals surface area contributed by atoms with Crippen LogP contribution in [0.25, 0.3) is 0 Å². The molecule has 0 aromatic carbocycles. The van der Waals surface area contributed by atoms with Crippen molar-refractivity contribution >= 4 is 24.2 Å². The quantitative estimate of drug-likeness (QED) is 0.656. The molecule has 0 aliphatic carbocycles. The SMILES string of the molecule is CC(CC(=O)NCCNC(=O)c1ccco1)C1CCCNC1.Cl. The fraction of sp³-hybridized carbons (Fsp3) is 0.625. The van der Waals surface area contributed by atoms with Crippen molar-refractivity contribution in [1.29, 1.82) is 0 Å². The minimum atomic E-state index is -0.263. The summed E-state index contributed by atoms with van der Waals surface area (Å²) in [5.41, 5.74) is 0. The summed E-state index contributed by atoms with van der Waals surface area (Å²) < 4.78 is 4.99. The highest BCUT2D eigenvalue weighted by Crippen LogP contribution is 2.22. The molecule has 0 bridgehead atoms. The van der Waals surface area contributed by atoms with E-state index in [2.05, 4.69) is 22.9 Å². The second kappa shape index (κ2) is 10.3. The van der Waals surface area contributed by atoms with E-state index in [1.54, 1.807) is 12.1 Å². The van der Waals surface area contributed by atoms with Gasteiger partial charge in [0.25, 0.3) is 5.91 Å². The molecule has 7 heteroatoms. The molecule has 2 rings (SSSR count). The Labute approximate surface area is 143 Å². The third-order valence-corrected chi connectivity index (χ3v) is 4.12. The molecule has 1 fully saturated rings. The molecule has 1 saturated heterocycles. The third-order valence-electron chi connectivity index (χ3n) is 4.12. The van der Waals surface area contributed by atoms with Gasteiger partial charge in [-0.3, -0.25) is 9.59 Å². The van der Waals surface area contributed by atoms with Crippen molar-refractivity contribution in [1.82, 2.24) is 16.0 Å². The molecular weight excluding hydrogens is 318 g/mol. The van der Waals surface area contributed by atoms with E-state index in [0.717, 1.165) is 13.1 Å². The molecule has 2 atom stereocenters. The van der Waals surface area contributed by atoms with Gasteiger partial charge in [0.2, 0.25) is 5.91 Å². The number of rotatable bonds is 7. The Kier molecular flexibility index (Phi) is 8.73. The highest BCUT2D eigenvalue weighted by Gasteiger charge is 2.21. The first-order valence-electron chi connectivity index (χ1n) is 7.96. The van der Waals surface area contributed by atoms with Gasteiger partial charge in [-0.25, -0.2) is 0 Å². The van der Waals surface area contributed by atoms with Crippen LogP contribution in [0.2, 0.25) is 0 Å². The van der Waals surface area contributed by atoms with Crippen molar-refractivity contribution in [3.05, 3.63) is 24.2 Å². The van der Waals surface area contributed by atoms with E-state index in [9.17, 15) is 9.59 Å². The lowest BCUT2D eigenvalue weighted by Crippen LogP contribution is -2.37. The Morgan fingerprint density at radius 3 is 2.83 bits per heavy atom. The van der Waals surface area contributed by atoms with Crippen LogP contribution in [0, 0.1) is 11.8 Å². The fourth-order valence-electron chi connectivity index (χ4n) is 2.77. The maximum Gasteiger partial charge on any atom is 0.287 e. The molecule has 2 heterocycles. The predicted octanol–water partition coefficient (Wildman–Crippen LogP) is 1.57. The number of carbonyl (C=O) groups is 2. The summed E-state index contributed by atoms with van der Waals surface area (Å²) >= 11 is 0. The van der Waals surface area contributed by atoms with Gasteiger partial charge in [-0.05, 0) is 49.9 Å². The summed E-state index contributed by atoms with van der Waals surface area (Å²) in [6.45, 7) is 5.06. The van der Waals surface area contributed by atoms with Gasteiger partial charge in [0.15, 0.2) is 5.76 Å².